The van der Waals surface area contributed by atoms with Crippen molar-refractivity contribution in [3.05, 3.63) is 51.1 Å². The molecule has 4 rings (SSSR count). The van der Waals surface area contributed by atoms with Crippen LogP contribution in [-0.4, -0.2) is 74.4 Å². The van der Waals surface area contributed by atoms with Crippen LogP contribution in [0.2, 0.25) is 0 Å². The summed E-state index contributed by atoms with van der Waals surface area (Å²) in [5.74, 6) is 0.856. The van der Waals surface area contributed by atoms with Gasteiger partial charge in [0.25, 0.3) is 5.56 Å². The van der Waals surface area contributed by atoms with Gasteiger partial charge in [-0.1, -0.05) is 13.3 Å². The molecule has 1 saturated heterocycles. The molecule has 1 aromatic carbocycles. The number of benzene rings is 1. The third-order valence-corrected chi connectivity index (χ3v) is 7.15. The Balaban J connectivity index is 1.70. The fourth-order valence-corrected chi connectivity index (χ4v) is 4.93. The summed E-state index contributed by atoms with van der Waals surface area (Å²) in [6.45, 7) is 18.4. The maximum Gasteiger partial charge on any atom is 0.252 e. The Hall–Kier alpha value is -2.62. The zero-order valence-corrected chi connectivity index (χ0v) is 22.7. The number of nitrogens with one attached hydrogen (secondary N) is 1. The Morgan fingerprint density at radius 3 is 2.56 bits per heavy atom. The van der Waals surface area contributed by atoms with Gasteiger partial charge < -0.3 is 9.72 Å². The summed E-state index contributed by atoms with van der Waals surface area (Å²) in [4.78, 5) is 21.2. The number of ether oxygens (including phenoxy) is 1. The van der Waals surface area contributed by atoms with Gasteiger partial charge in [0.1, 0.15) is 0 Å². The number of pyridine rings is 1. The van der Waals surface area contributed by atoms with E-state index >= 15 is 0 Å². The number of aromatic nitrogens is 5. The van der Waals surface area contributed by atoms with Crippen LogP contribution in [0.4, 0.5) is 0 Å². The Morgan fingerprint density at radius 2 is 1.86 bits per heavy atom. The maximum atomic E-state index is 13.2. The van der Waals surface area contributed by atoms with E-state index in [-0.39, 0.29) is 17.1 Å². The topological polar surface area (TPSA) is 92.2 Å². The molecular formula is C27H41N7O2. The Labute approximate surface area is 213 Å². The predicted molar refractivity (Wildman–Crippen MR) is 142 cm³/mol. The van der Waals surface area contributed by atoms with Crippen LogP contribution in [0.3, 0.4) is 0 Å². The number of tetrazole rings is 1. The summed E-state index contributed by atoms with van der Waals surface area (Å²) in [6.07, 6.45) is 1.89. The summed E-state index contributed by atoms with van der Waals surface area (Å²) in [6, 6.07) is 6.27. The fraction of sp³-hybridized carbons (Fsp3) is 0.630. The van der Waals surface area contributed by atoms with Crippen molar-refractivity contribution in [3.8, 4) is 0 Å². The number of rotatable bonds is 9. The van der Waals surface area contributed by atoms with Gasteiger partial charge in [-0.2, -0.15) is 0 Å². The van der Waals surface area contributed by atoms with Gasteiger partial charge in [0.15, 0.2) is 5.82 Å². The molecule has 1 N–H and O–H groups in total. The predicted octanol–water partition coefficient (Wildman–Crippen LogP) is 3.56. The molecule has 36 heavy (non-hydrogen) atoms. The zero-order valence-electron chi connectivity index (χ0n) is 22.7. The smallest absolute Gasteiger partial charge is 0.252 e. The molecule has 1 fully saturated rings. The van der Waals surface area contributed by atoms with Gasteiger partial charge in [-0.3, -0.25) is 14.6 Å². The summed E-state index contributed by atoms with van der Waals surface area (Å²) < 4.78 is 7.48. The van der Waals surface area contributed by atoms with E-state index in [0.29, 0.717) is 6.54 Å². The minimum Gasteiger partial charge on any atom is -0.379 e. The van der Waals surface area contributed by atoms with E-state index in [9.17, 15) is 4.79 Å². The SMILES string of the molecule is CCC[C@H](c1nnnn1C(C)(C)C)N(CCN1CCOCC1)Cc1cc2cc(C)c(C)cc2[nH]c1=O. The van der Waals surface area contributed by atoms with Crippen molar-refractivity contribution in [1.82, 2.24) is 35.0 Å². The van der Waals surface area contributed by atoms with Crippen LogP contribution in [-0.2, 0) is 16.8 Å². The number of nitrogens with zero attached hydrogens (tertiary/aromatic N) is 6. The lowest BCUT2D eigenvalue weighted by atomic mass is 10.0. The lowest BCUT2D eigenvalue weighted by Gasteiger charge is -2.35. The Bertz CT molecular complexity index is 1220. The van der Waals surface area contributed by atoms with Crippen molar-refractivity contribution >= 4 is 10.9 Å². The van der Waals surface area contributed by atoms with E-state index in [4.69, 9.17) is 4.74 Å². The molecule has 1 aliphatic heterocycles. The maximum absolute atomic E-state index is 13.2. The summed E-state index contributed by atoms with van der Waals surface area (Å²) in [5, 5.41) is 13.9. The molecule has 1 atom stereocenters. The second-order valence-corrected chi connectivity index (χ2v) is 11.0. The molecule has 9 nitrogen and oxygen atoms in total. The molecule has 0 unspecified atom stereocenters. The van der Waals surface area contributed by atoms with E-state index < -0.39 is 0 Å². The van der Waals surface area contributed by atoms with Crippen molar-refractivity contribution in [2.24, 2.45) is 0 Å². The molecule has 0 amide bonds. The molecule has 0 aliphatic carbocycles. The number of H-pyrrole nitrogens is 1. The first-order valence-electron chi connectivity index (χ1n) is 13.1. The van der Waals surface area contributed by atoms with E-state index in [1.165, 1.54) is 11.1 Å². The number of aromatic amines is 1. The van der Waals surface area contributed by atoms with Crippen molar-refractivity contribution < 1.29 is 4.74 Å². The monoisotopic (exact) mass is 495 g/mol. The number of aryl methyl sites for hydroxylation is 2. The van der Waals surface area contributed by atoms with Gasteiger partial charge in [-0.15, -0.1) is 5.10 Å². The normalized spacial score (nSPS) is 16.2. The highest BCUT2D eigenvalue weighted by molar-refractivity contribution is 5.80. The molecule has 0 saturated carbocycles. The van der Waals surface area contributed by atoms with Gasteiger partial charge in [0.2, 0.25) is 0 Å². The third kappa shape index (κ3) is 6.02. The van der Waals surface area contributed by atoms with E-state index in [2.05, 4.69) is 90.1 Å². The van der Waals surface area contributed by atoms with Gasteiger partial charge in [0, 0.05) is 43.8 Å². The average Bonchev–Trinajstić information content (AvgIpc) is 3.33. The first-order chi connectivity index (χ1) is 17.2. The molecule has 1 aliphatic rings. The zero-order chi connectivity index (χ0) is 25.9. The lowest BCUT2D eigenvalue weighted by Crippen LogP contribution is -2.43. The first kappa shape index (κ1) is 26.4. The van der Waals surface area contributed by atoms with E-state index in [0.717, 1.165) is 74.5 Å². The highest BCUT2D eigenvalue weighted by atomic mass is 16.5. The second kappa shape index (κ2) is 11.2. The number of fused-ring (bicyclic) bond motifs is 1. The minimum atomic E-state index is -0.240. The summed E-state index contributed by atoms with van der Waals surface area (Å²) in [7, 11) is 0. The van der Waals surface area contributed by atoms with Gasteiger partial charge in [0.05, 0.1) is 24.8 Å². The van der Waals surface area contributed by atoms with Crippen molar-refractivity contribution in [3.63, 3.8) is 0 Å². The highest BCUT2D eigenvalue weighted by Gasteiger charge is 2.30. The van der Waals surface area contributed by atoms with Crippen LogP contribution >= 0.6 is 0 Å². The van der Waals surface area contributed by atoms with Gasteiger partial charge in [-0.05, 0) is 86.2 Å². The molecule has 196 valence electrons. The van der Waals surface area contributed by atoms with Crippen molar-refractivity contribution in [1.29, 1.82) is 0 Å². The van der Waals surface area contributed by atoms with Gasteiger partial charge in [-0.25, -0.2) is 4.68 Å². The van der Waals surface area contributed by atoms with E-state index in [1.807, 2.05) is 4.68 Å². The summed E-state index contributed by atoms with van der Waals surface area (Å²) in [5.41, 5.74) is 3.77. The molecule has 3 heterocycles. The summed E-state index contributed by atoms with van der Waals surface area (Å²) >= 11 is 0. The Kier molecular flexibility index (Phi) is 8.22. The molecular weight excluding hydrogens is 454 g/mol. The van der Waals surface area contributed by atoms with E-state index in [1.54, 1.807) is 0 Å². The molecule has 2 aromatic heterocycles. The first-order valence-corrected chi connectivity index (χ1v) is 13.1. The highest BCUT2D eigenvalue weighted by Crippen LogP contribution is 2.29. The quantitative estimate of drug-likeness (QED) is 0.485. The lowest BCUT2D eigenvalue weighted by molar-refractivity contribution is 0.0287. The van der Waals surface area contributed by atoms with Crippen LogP contribution in [0.15, 0.2) is 23.0 Å². The third-order valence-electron chi connectivity index (χ3n) is 7.15. The second-order valence-electron chi connectivity index (χ2n) is 11.0. The van der Waals surface area contributed by atoms with Crippen molar-refractivity contribution in [2.75, 3.05) is 39.4 Å². The molecule has 0 radical (unpaired) electrons. The molecule has 9 heteroatoms. The van der Waals surface area contributed by atoms with Gasteiger partial charge >= 0.3 is 0 Å². The largest absolute Gasteiger partial charge is 0.379 e. The van der Waals surface area contributed by atoms with Crippen LogP contribution in [0.1, 0.15) is 69.1 Å². The van der Waals surface area contributed by atoms with Crippen LogP contribution < -0.4 is 5.56 Å². The fourth-order valence-electron chi connectivity index (χ4n) is 4.93. The van der Waals surface area contributed by atoms with Crippen molar-refractivity contribution in [2.45, 2.75) is 72.5 Å². The number of morpholine rings is 1. The van der Waals surface area contributed by atoms with Crippen LogP contribution in [0.25, 0.3) is 10.9 Å². The standard InChI is InChI=1S/C27H41N7O2/c1-7-8-24(25-29-30-31-34(25)27(4,5)6)33(10-9-32-11-13-36-14-12-32)18-22-17-21-15-19(2)20(3)16-23(21)28-26(22)35/h15-17,24H,7-14,18H2,1-6H3,(H,28,35)/t24-/m1/s1. The average molecular weight is 496 g/mol. The number of hydrogen-bond acceptors (Lipinski definition) is 7. The van der Waals surface area contributed by atoms with Crippen LogP contribution in [0.5, 0.6) is 0 Å². The molecule has 3 aromatic rings. The molecule has 0 bridgehead atoms. The Morgan fingerprint density at radius 1 is 1.14 bits per heavy atom. The molecule has 0 spiro atoms. The van der Waals surface area contributed by atoms with Crippen LogP contribution in [0, 0.1) is 13.8 Å². The number of hydrogen-bond donors (Lipinski definition) is 1. The minimum absolute atomic E-state index is 0.000108.